The van der Waals surface area contributed by atoms with Crippen LogP contribution in [-0.4, -0.2) is 9.78 Å². The van der Waals surface area contributed by atoms with E-state index in [1.807, 2.05) is 7.05 Å². The Morgan fingerprint density at radius 2 is 2.31 bits per heavy atom. The number of aromatic nitrogens is 2. The average molecular weight is 268 g/mol. The molecule has 0 unspecified atom stereocenters. The van der Waals surface area contributed by atoms with Crippen LogP contribution in [0.2, 0.25) is 0 Å². The number of hydrogen-bond acceptors (Lipinski definition) is 3. The molecule has 3 nitrogen and oxygen atoms in total. The van der Waals surface area contributed by atoms with Gasteiger partial charge in [0.2, 0.25) is 0 Å². The second-order valence-corrected chi connectivity index (χ2v) is 3.45. The van der Waals surface area contributed by atoms with Crippen molar-refractivity contribution in [2.45, 2.75) is 6.92 Å². The molecule has 0 aliphatic heterocycles. The fourth-order valence-corrected chi connectivity index (χ4v) is 1.90. The molecule has 0 N–H and O–H groups in total. The molecule has 0 aromatic carbocycles. The number of thiophene rings is 1. The minimum absolute atomic E-state index is 0. The third-order valence-electron chi connectivity index (χ3n) is 1.76. The van der Waals surface area contributed by atoms with Gasteiger partial charge in [-0.2, -0.15) is 11.2 Å². The molecule has 2 aromatic rings. The Morgan fingerprint density at radius 3 is 3.00 bits per heavy atom. The minimum Gasteiger partial charge on any atom is -0.322 e. The number of nitrogens with zero attached hydrogens (tertiary/aromatic N) is 2. The Labute approximate surface area is 105 Å². The van der Waals surface area contributed by atoms with E-state index in [-0.39, 0.29) is 38.1 Å². The van der Waals surface area contributed by atoms with Gasteiger partial charge in [0.1, 0.15) is 5.43 Å². The van der Waals surface area contributed by atoms with Gasteiger partial charge in [0.25, 0.3) is 0 Å². The minimum atomic E-state index is 0. The molecule has 0 bridgehead atoms. The molecule has 0 fully saturated rings. The predicted molar refractivity (Wildman–Crippen MR) is 48.4 cm³/mol. The molecule has 2 aromatic heterocycles. The summed E-state index contributed by atoms with van der Waals surface area (Å²) in [5.74, 6) is 0. The summed E-state index contributed by atoms with van der Waals surface area (Å²) in [5.41, 5.74) is 0.553. The largest absolute Gasteiger partial charge is 0.322 e. The molecule has 65 valence electrons. The third-order valence-corrected chi connectivity index (χ3v) is 2.67. The van der Waals surface area contributed by atoms with Crippen molar-refractivity contribution in [3.8, 4) is 0 Å². The molecule has 0 saturated carbocycles. The van der Waals surface area contributed by atoms with Gasteiger partial charge in [0, 0.05) is 39.8 Å². The number of fused-ring (bicyclic) bond motifs is 1. The standard InChI is InChI=1S/C8H7N2OS.Y/c1-5-7(11)6-3-4-12-8(6)10(2)9-5;/h3H,1-2H3;/q-1;. The van der Waals surface area contributed by atoms with E-state index in [2.05, 4.69) is 10.5 Å². The van der Waals surface area contributed by atoms with Crippen molar-refractivity contribution in [3.63, 3.8) is 0 Å². The Kier molecular flexibility index (Phi) is 3.38. The zero-order valence-electron chi connectivity index (χ0n) is 7.37. The molecule has 0 atom stereocenters. The monoisotopic (exact) mass is 268 g/mol. The Bertz CT molecular complexity index is 488. The SMILES string of the molecule is Cc1nn(C)c2s[c-]cc2c1=O.[Y]. The topological polar surface area (TPSA) is 34.9 Å². The summed E-state index contributed by atoms with van der Waals surface area (Å²) in [6.07, 6.45) is 0. The molecule has 0 aliphatic carbocycles. The van der Waals surface area contributed by atoms with Crippen LogP contribution < -0.4 is 5.43 Å². The summed E-state index contributed by atoms with van der Waals surface area (Å²) in [5, 5.41) is 7.71. The maximum Gasteiger partial charge on any atom is 0.146 e. The van der Waals surface area contributed by atoms with Gasteiger partial charge in [0.05, 0.1) is 5.69 Å². The maximum absolute atomic E-state index is 11.5. The molecule has 5 heteroatoms. The van der Waals surface area contributed by atoms with Crippen molar-refractivity contribution < 1.29 is 32.7 Å². The first kappa shape index (κ1) is 11.0. The van der Waals surface area contributed by atoms with E-state index in [0.717, 1.165) is 10.2 Å². The van der Waals surface area contributed by atoms with Crippen LogP contribution in [0.4, 0.5) is 0 Å². The summed E-state index contributed by atoms with van der Waals surface area (Å²) in [6.45, 7) is 1.72. The van der Waals surface area contributed by atoms with E-state index in [1.165, 1.54) is 11.3 Å². The number of hydrogen-bond donors (Lipinski definition) is 0. The van der Waals surface area contributed by atoms with E-state index in [1.54, 1.807) is 17.7 Å². The van der Waals surface area contributed by atoms with Crippen LogP contribution in [0.25, 0.3) is 10.2 Å². The number of rotatable bonds is 0. The maximum atomic E-state index is 11.5. The molecule has 0 amide bonds. The van der Waals surface area contributed by atoms with E-state index < -0.39 is 0 Å². The first-order valence-electron chi connectivity index (χ1n) is 3.53. The van der Waals surface area contributed by atoms with Crippen LogP contribution in [0.1, 0.15) is 5.69 Å². The third kappa shape index (κ3) is 1.75. The van der Waals surface area contributed by atoms with Crippen molar-refractivity contribution >= 4 is 21.6 Å². The molecular formula is C8H7N2OSY-. The second-order valence-electron chi connectivity index (χ2n) is 2.62. The van der Waals surface area contributed by atoms with Crippen molar-refractivity contribution in [3.05, 3.63) is 27.4 Å². The normalized spacial score (nSPS) is 10.0. The van der Waals surface area contributed by atoms with Crippen molar-refractivity contribution in [1.82, 2.24) is 9.78 Å². The van der Waals surface area contributed by atoms with Gasteiger partial charge in [-0.25, -0.2) is 0 Å². The Hall–Kier alpha value is -0.0561. The fraction of sp³-hybridized carbons (Fsp3) is 0.250. The van der Waals surface area contributed by atoms with Crippen LogP contribution in [0.15, 0.2) is 10.9 Å². The van der Waals surface area contributed by atoms with Crippen LogP contribution in [0.5, 0.6) is 0 Å². The van der Waals surface area contributed by atoms with E-state index in [4.69, 9.17) is 0 Å². The quantitative estimate of drug-likeness (QED) is 0.671. The Morgan fingerprint density at radius 1 is 1.62 bits per heavy atom. The number of aryl methyl sites for hydroxylation is 2. The van der Waals surface area contributed by atoms with Gasteiger partial charge >= 0.3 is 0 Å². The zero-order chi connectivity index (χ0) is 8.72. The van der Waals surface area contributed by atoms with Crippen LogP contribution in [-0.2, 0) is 39.8 Å². The van der Waals surface area contributed by atoms with Crippen molar-refractivity contribution in [1.29, 1.82) is 0 Å². The van der Waals surface area contributed by atoms with E-state index >= 15 is 0 Å². The van der Waals surface area contributed by atoms with Gasteiger partial charge < -0.3 is 9.48 Å². The molecule has 13 heavy (non-hydrogen) atoms. The molecule has 0 aliphatic rings. The van der Waals surface area contributed by atoms with Gasteiger partial charge in [0.15, 0.2) is 0 Å². The summed E-state index contributed by atoms with van der Waals surface area (Å²) in [4.78, 5) is 12.3. The fourth-order valence-electron chi connectivity index (χ4n) is 1.17. The average Bonchev–Trinajstić information content (AvgIpc) is 2.48. The van der Waals surface area contributed by atoms with E-state index in [0.29, 0.717) is 5.69 Å². The van der Waals surface area contributed by atoms with Crippen LogP contribution in [0.3, 0.4) is 0 Å². The first-order chi connectivity index (χ1) is 5.70. The molecule has 1 radical (unpaired) electrons. The summed E-state index contributed by atoms with van der Waals surface area (Å²) < 4.78 is 1.72. The second kappa shape index (κ2) is 3.99. The van der Waals surface area contributed by atoms with Crippen LogP contribution in [0, 0.1) is 12.3 Å². The van der Waals surface area contributed by atoms with Crippen molar-refractivity contribution in [2.75, 3.05) is 0 Å². The molecule has 2 heterocycles. The van der Waals surface area contributed by atoms with Crippen molar-refractivity contribution in [2.24, 2.45) is 7.05 Å². The summed E-state index contributed by atoms with van der Waals surface area (Å²) in [7, 11) is 1.83. The summed E-state index contributed by atoms with van der Waals surface area (Å²) >= 11 is 1.41. The van der Waals surface area contributed by atoms with Gasteiger partial charge in [-0.1, -0.05) is 5.39 Å². The Balaban J connectivity index is 0.000000845. The molecule has 0 saturated heterocycles. The van der Waals surface area contributed by atoms with E-state index in [9.17, 15) is 4.79 Å². The predicted octanol–water partition coefficient (Wildman–Crippen LogP) is 1.10. The molecule has 0 spiro atoms. The smallest absolute Gasteiger partial charge is 0.146 e. The first-order valence-corrected chi connectivity index (χ1v) is 4.35. The molecule has 2 rings (SSSR count). The van der Waals surface area contributed by atoms with Gasteiger partial charge in [-0.15, -0.1) is 5.38 Å². The summed E-state index contributed by atoms with van der Waals surface area (Å²) in [6, 6.07) is 1.72. The molecular weight excluding hydrogens is 261 g/mol. The van der Waals surface area contributed by atoms with Gasteiger partial charge in [-0.05, 0) is 11.8 Å². The van der Waals surface area contributed by atoms with Crippen LogP contribution >= 0.6 is 11.3 Å². The zero-order valence-corrected chi connectivity index (χ0v) is 11.0. The van der Waals surface area contributed by atoms with Gasteiger partial charge in [-0.3, -0.25) is 11.3 Å².